The van der Waals surface area contributed by atoms with Crippen LogP contribution in [0.3, 0.4) is 0 Å². The number of benzene rings is 4. The summed E-state index contributed by atoms with van der Waals surface area (Å²) in [7, 11) is 0. The fourth-order valence-corrected chi connectivity index (χ4v) is 10.2. The van der Waals surface area contributed by atoms with Gasteiger partial charge in [-0.15, -0.1) is 0 Å². The zero-order valence-corrected chi connectivity index (χ0v) is 39.2. The zero-order valence-electron chi connectivity index (χ0n) is 35.1. The van der Waals surface area contributed by atoms with E-state index in [9.17, 15) is 9.90 Å². The molecule has 1 N–H and O–H groups in total. The molecule has 0 spiro atoms. The molecule has 1 radical (unpaired) electrons. The summed E-state index contributed by atoms with van der Waals surface area (Å²) in [5.74, 6) is 0.454. The third-order valence-electron chi connectivity index (χ3n) is 10.7. The van der Waals surface area contributed by atoms with Crippen LogP contribution < -0.4 is 0 Å². The number of aliphatic hydroxyl groups is 1. The molecular formula is C50H59FIrNO2Se-. The molecule has 0 saturated heterocycles. The first-order chi connectivity index (χ1) is 26.0. The maximum absolute atomic E-state index is 16.3. The Balaban J connectivity index is 0.000000372. The molecule has 0 amide bonds. The molecule has 6 aromatic rings. The number of halogens is 1. The minimum absolute atomic E-state index is 0. The first-order valence-corrected chi connectivity index (χ1v) is 21.7. The van der Waals surface area contributed by atoms with Crippen molar-refractivity contribution in [3.8, 4) is 22.4 Å². The van der Waals surface area contributed by atoms with Crippen LogP contribution in [0.4, 0.5) is 4.39 Å². The Morgan fingerprint density at radius 2 is 1.45 bits per heavy atom. The third-order valence-corrected chi connectivity index (χ3v) is 13.3. The van der Waals surface area contributed by atoms with E-state index in [0.717, 1.165) is 79.2 Å². The van der Waals surface area contributed by atoms with Crippen molar-refractivity contribution in [2.24, 2.45) is 17.3 Å². The minimum Gasteiger partial charge on any atom is 0 e. The second-order valence-electron chi connectivity index (χ2n) is 17.2. The van der Waals surface area contributed by atoms with Crippen LogP contribution in [0.1, 0.15) is 112 Å². The molecule has 0 atom stereocenters. The summed E-state index contributed by atoms with van der Waals surface area (Å²) < 4.78 is 18.3. The molecule has 0 fully saturated rings. The Morgan fingerprint density at radius 1 is 0.821 bits per heavy atom. The fraction of sp³-hybridized carbons (Fsp3) is 0.400. The summed E-state index contributed by atoms with van der Waals surface area (Å²) in [5.41, 5.74) is 7.44. The van der Waals surface area contributed by atoms with Crippen molar-refractivity contribution in [2.45, 2.75) is 114 Å². The topological polar surface area (TPSA) is 50.2 Å². The van der Waals surface area contributed by atoms with E-state index in [-0.39, 0.29) is 74.6 Å². The molecule has 299 valence electrons. The molecule has 4 aromatic carbocycles. The summed E-state index contributed by atoms with van der Waals surface area (Å²) in [5, 5.41) is 14.2. The average molecular weight is 996 g/mol. The zero-order chi connectivity index (χ0) is 40.2. The average Bonchev–Trinajstić information content (AvgIpc) is 3.52. The summed E-state index contributed by atoms with van der Waals surface area (Å²) in [4.78, 5) is 16.6. The predicted molar refractivity (Wildman–Crippen MR) is 234 cm³/mol. The van der Waals surface area contributed by atoms with E-state index in [0.29, 0.717) is 5.56 Å². The molecule has 0 saturated carbocycles. The second-order valence-corrected chi connectivity index (χ2v) is 19.4. The van der Waals surface area contributed by atoms with Crippen LogP contribution in [0, 0.1) is 36.1 Å². The predicted octanol–water partition coefficient (Wildman–Crippen LogP) is 13.9. The second kappa shape index (κ2) is 18.9. The molecule has 0 unspecified atom stereocenters. The summed E-state index contributed by atoms with van der Waals surface area (Å²) in [6.07, 6.45) is 7.77. The van der Waals surface area contributed by atoms with Gasteiger partial charge in [-0.1, -0.05) is 27.7 Å². The van der Waals surface area contributed by atoms with E-state index >= 15 is 4.39 Å². The number of hydrogen-bond donors (Lipinski definition) is 1. The van der Waals surface area contributed by atoms with Crippen LogP contribution in [0.5, 0.6) is 0 Å². The van der Waals surface area contributed by atoms with Gasteiger partial charge in [0.05, 0.1) is 5.76 Å². The van der Waals surface area contributed by atoms with Gasteiger partial charge in [-0.3, -0.25) is 4.79 Å². The molecule has 0 aliphatic rings. The number of aryl methyl sites for hydroxylation is 1. The molecule has 0 bridgehead atoms. The standard InChI is InChI=1S/C37H35FNSe.C13H24O2.Ir/c1-22-18-23(21-36(2,3)4)12-13-26(22)28-14-15-29-30-16-17-39-33(35(30)40-34(29)32(28)38)25-19-24-10-8-9-11-27(24)31(20-25)37(5,6)7;1-5-10(6-2)12(14)9-13(15)11(7-3)8-4;/h8-18,20H,21H2,1-7H3;9-11,14H,5-8H2,1-4H3;/q-1;;/b;12-9-;. The van der Waals surface area contributed by atoms with Gasteiger partial charge in [-0.05, 0) is 25.7 Å². The van der Waals surface area contributed by atoms with E-state index in [1.54, 1.807) is 0 Å². The first-order valence-electron chi connectivity index (χ1n) is 20.0. The van der Waals surface area contributed by atoms with E-state index < -0.39 is 0 Å². The van der Waals surface area contributed by atoms with Crippen molar-refractivity contribution in [3.63, 3.8) is 0 Å². The smallest absolute Gasteiger partial charge is 0 e. The largest absolute Gasteiger partial charge is 0 e. The van der Waals surface area contributed by atoms with E-state index in [4.69, 9.17) is 4.98 Å². The number of fused-ring (bicyclic) bond motifs is 4. The van der Waals surface area contributed by atoms with Gasteiger partial charge in [0.25, 0.3) is 0 Å². The van der Waals surface area contributed by atoms with Gasteiger partial charge in [-0.25, -0.2) is 0 Å². The number of nitrogens with zero attached hydrogens (tertiary/aromatic N) is 1. The number of carbonyl (C=O) groups is 1. The van der Waals surface area contributed by atoms with E-state index in [1.807, 2.05) is 46.0 Å². The number of allylic oxidation sites excluding steroid dienone is 2. The maximum atomic E-state index is 16.3. The Morgan fingerprint density at radius 3 is 2.05 bits per heavy atom. The minimum atomic E-state index is -0.199. The molecule has 6 rings (SSSR count). The SMILES string of the molecule is CCC(CC)C(=O)/C=C(\O)C(CC)CC.Cc1cc(CC(C)(C)C)ccc1-c1ccc2c([se]c3c(-c4[c-]c5ccccc5c(C(C)(C)C)c4)nccc32)c1F.[Ir]. The van der Waals surface area contributed by atoms with Crippen molar-refractivity contribution in [1.29, 1.82) is 0 Å². The van der Waals surface area contributed by atoms with Crippen LogP contribution in [-0.2, 0) is 36.7 Å². The molecule has 6 heteroatoms. The Kier molecular flexibility index (Phi) is 15.3. The molecule has 56 heavy (non-hydrogen) atoms. The van der Waals surface area contributed by atoms with Crippen LogP contribution in [0.25, 0.3) is 52.4 Å². The monoisotopic (exact) mass is 997 g/mol. The summed E-state index contributed by atoms with van der Waals surface area (Å²) >= 11 is -0.199. The Bertz CT molecular complexity index is 2330. The van der Waals surface area contributed by atoms with Gasteiger partial charge in [0, 0.05) is 38.0 Å². The number of ketones is 1. The number of pyridine rings is 1. The van der Waals surface area contributed by atoms with E-state index in [1.165, 1.54) is 22.6 Å². The maximum Gasteiger partial charge on any atom is 0 e. The van der Waals surface area contributed by atoms with Crippen LogP contribution in [-0.4, -0.2) is 30.4 Å². The van der Waals surface area contributed by atoms with Crippen molar-refractivity contribution >= 4 is 50.4 Å². The van der Waals surface area contributed by atoms with Gasteiger partial charge in [0.2, 0.25) is 0 Å². The molecular weight excluding hydrogens is 937 g/mol. The van der Waals surface area contributed by atoms with Crippen LogP contribution in [0.15, 0.2) is 84.8 Å². The number of hydrogen-bond acceptors (Lipinski definition) is 3. The van der Waals surface area contributed by atoms with Crippen molar-refractivity contribution in [1.82, 2.24) is 4.98 Å². The Hall–Kier alpha value is -3.40. The van der Waals surface area contributed by atoms with Gasteiger partial charge in [-0.2, -0.15) is 0 Å². The van der Waals surface area contributed by atoms with Gasteiger partial charge in [0.1, 0.15) is 0 Å². The van der Waals surface area contributed by atoms with Crippen LogP contribution >= 0.6 is 0 Å². The molecule has 2 aromatic heterocycles. The number of aliphatic hydroxyl groups excluding tert-OH is 1. The Labute approximate surface area is 354 Å². The van der Waals surface area contributed by atoms with Crippen molar-refractivity contribution in [2.75, 3.05) is 0 Å². The normalized spacial score (nSPS) is 12.4. The number of carbonyl (C=O) groups excluding carboxylic acids is 1. The first kappa shape index (κ1) is 45.3. The number of rotatable bonds is 10. The fourth-order valence-electron chi connectivity index (χ4n) is 7.64. The van der Waals surface area contributed by atoms with E-state index in [2.05, 4.69) is 109 Å². The molecule has 0 aliphatic heterocycles. The van der Waals surface area contributed by atoms with Gasteiger partial charge >= 0.3 is 244 Å². The number of aromatic nitrogens is 1. The van der Waals surface area contributed by atoms with Gasteiger partial charge in [0.15, 0.2) is 5.78 Å². The van der Waals surface area contributed by atoms with Gasteiger partial charge < -0.3 is 5.11 Å². The third kappa shape index (κ3) is 10.2. The molecule has 2 heterocycles. The van der Waals surface area contributed by atoms with Crippen molar-refractivity contribution < 1.29 is 34.4 Å². The quantitative estimate of drug-likeness (QED) is 0.0644. The van der Waals surface area contributed by atoms with Crippen molar-refractivity contribution in [3.05, 3.63) is 113 Å². The molecule has 3 nitrogen and oxygen atoms in total. The molecule has 0 aliphatic carbocycles. The summed E-state index contributed by atoms with van der Waals surface area (Å²) in [6, 6.07) is 26.9. The van der Waals surface area contributed by atoms with Crippen LogP contribution in [0.2, 0.25) is 0 Å². The summed E-state index contributed by atoms with van der Waals surface area (Å²) in [6.45, 7) is 23.7.